The molecule has 2 aliphatic rings. The third kappa shape index (κ3) is 9.88. The van der Waals surface area contributed by atoms with Gasteiger partial charge in [-0.2, -0.15) is 0 Å². The molecule has 9 heteroatoms. The van der Waals surface area contributed by atoms with Crippen molar-refractivity contribution in [2.75, 3.05) is 78.9 Å². The summed E-state index contributed by atoms with van der Waals surface area (Å²) in [6.07, 6.45) is 2.24. The van der Waals surface area contributed by atoms with Gasteiger partial charge in [-0.05, 0) is 65.0 Å². The summed E-state index contributed by atoms with van der Waals surface area (Å²) in [5, 5.41) is 0. The topological polar surface area (TPSA) is 52.6 Å². The lowest BCUT2D eigenvalue weighted by Gasteiger charge is -2.37. The van der Waals surface area contributed by atoms with Gasteiger partial charge in [-0.15, -0.1) is 0 Å². The van der Waals surface area contributed by atoms with Gasteiger partial charge in [0.25, 0.3) is 0 Å². The molecule has 29 heavy (non-hydrogen) atoms. The summed E-state index contributed by atoms with van der Waals surface area (Å²) in [5.74, 6) is 0. The zero-order valence-electron chi connectivity index (χ0n) is 19.2. The van der Waals surface area contributed by atoms with Crippen LogP contribution in [0.5, 0.6) is 0 Å². The Balaban J connectivity index is 1.83. The molecule has 7 nitrogen and oxygen atoms in total. The number of nitrogens with zero attached hydrogens (tertiary/aromatic N) is 2. The van der Waals surface area contributed by atoms with E-state index in [9.17, 15) is 0 Å². The van der Waals surface area contributed by atoms with Crippen molar-refractivity contribution in [1.29, 1.82) is 0 Å². The van der Waals surface area contributed by atoms with Gasteiger partial charge in [-0.25, -0.2) is 0 Å². The second kappa shape index (κ2) is 13.5. The maximum absolute atomic E-state index is 6.83. The highest BCUT2D eigenvalue weighted by Gasteiger charge is 2.42. The fourth-order valence-electron chi connectivity index (χ4n) is 4.27. The van der Waals surface area contributed by atoms with E-state index in [4.69, 9.17) is 22.4 Å². The fourth-order valence-corrected chi connectivity index (χ4v) is 12.3. The lowest BCUT2D eigenvalue weighted by molar-refractivity contribution is 0.0375. The summed E-state index contributed by atoms with van der Waals surface area (Å²) in [5.41, 5.74) is 0. The van der Waals surface area contributed by atoms with E-state index in [0.29, 0.717) is 13.2 Å². The van der Waals surface area contributed by atoms with Crippen LogP contribution in [0.25, 0.3) is 0 Å². The van der Waals surface area contributed by atoms with Gasteiger partial charge in [0.2, 0.25) is 0 Å². The smallest absolute Gasteiger partial charge is 0.326 e. The predicted octanol–water partition coefficient (Wildman–Crippen LogP) is 2.66. The van der Waals surface area contributed by atoms with E-state index in [1.54, 1.807) is 0 Å². The summed E-state index contributed by atoms with van der Waals surface area (Å²) < 4.78 is 30.3. The van der Waals surface area contributed by atoms with Gasteiger partial charge in [0, 0.05) is 39.4 Å². The molecule has 2 heterocycles. The van der Waals surface area contributed by atoms with Crippen molar-refractivity contribution in [3.8, 4) is 0 Å². The molecule has 0 aromatic carbocycles. The molecule has 0 spiro atoms. The Bertz CT molecular complexity index is 401. The highest BCUT2D eigenvalue weighted by molar-refractivity contribution is 6.80. The molecule has 172 valence electrons. The van der Waals surface area contributed by atoms with Crippen LogP contribution in [0.1, 0.15) is 26.7 Å². The van der Waals surface area contributed by atoms with Gasteiger partial charge >= 0.3 is 17.1 Å². The molecule has 0 N–H and O–H groups in total. The normalized spacial score (nSPS) is 23.6. The van der Waals surface area contributed by atoms with Crippen molar-refractivity contribution in [2.24, 2.45) is 0 Å². The predicted molar refractivity (Wildman–Crippen MR) is 121 cm³/mol. The van der Waals surface area contributed by atoms with Gasteiger partial charge < -0.3 is 22.4 Å². The quantitative estimate of drug-likeness (QED) is 0.379. The Morgan fingerprint density at radius 3 is 1.41 bits per heavy atom. The van der Waals surface area contributed by atoms with Crippen molar-refractivity contribution in [1.82, 2.24) is 9.80 Å². The van der Waals surface area contributed by atoms with Crippen LogP contribution in [0, 0.1) is 0 Å². The van der Waals surface area contributed by atoms with Gasteiger partial charge in [0.15, 0.2) is 0 Å². The Morgan fingerprint density at radius 2 is 1.07 bits per heavy atom. The Kier molecular flexibility index (Phi) is 11.9. The van der Waals surface area contributed by atoms with E-state index in [2.05, 4.69) is 36.7 Å². The molecule has 2 rings (SSSR count). The second-order valence-electron chi connectivity index (χ2n) is 8.35. The summed E-state index contributed by atoms with van der Waals surface area (Å²) in [7, 11) is -4.50. The molecule has 2 atom stereocenters. The van der Waals surface area contributed by atoms with E-state index >= 15 is 0 Å². The molecule has 0 saturated carbocycles. The van der Waals surface area contributed by atoms with E-state index in [1.165, 1.54) is 0 Å². The summed E-state index contributed by atoms with van der Waals surface area (Å²) in [6.45, 7) is 19.9. The number of morpholine rings is 2. The van der Waals surface area contributed by atoms with Crippen molar-refractivity contribution in [3.05, 3.63) is 0 Å². The minimum absolute atomic E-state index is 0.713. The molecule has 0 aliphatic carbocycles. The average Bonchev–Trinajstić information content (AvgIpc) is 2.70. The first-order chi connectivity index (χ1) is 14.0. The minimum Gasteiger partial charge on any atom is -0.415 e. The molecule has 0 aromatic rings. The van der Waals surface area contributed by atoms with Gasteiger partial charge in [0.05, 0.1) is 26.4 Å². The van der Waals surface area contributed by atoms with Crippen molar-refractivity contribution < 1.29 is 22.4 Å². The number of ether oxygens (including phenoxy) is 2. The highest BCUT2D eigenvalue weighted by Crippen LogP contribution is 2.26. The Morgan fingerprint density at radius 1 is 0.690 bits per heavy atom. The monoisotopic (exact) mass is 448 g/mol. The van der Waals surface area contributed by atoms with Crippen LogP contribution < -0.4 is 0 Å². The van der Waals surface area contributed by atoms with Crippen molar-refractivity contribution in [3.63, 3.8) is 0 Å². The summed E-state index contributed by atoms with van der Waals surface area (Å²) in [4.78, 5) is 4.98. The van der Waals surface area contributed by atoms with Crippen molar-refractivity contribution >= 4 is 17.1 Å². The Hall–Kier alpha value is 0.154. The molecule has 2 unspecified atom stereocenters. The van der Waals surface area contributed by atoms with Crippen LogP contribution in [0.2, 0.25) is 25.2 Å². The molecule has 0 aromatic heterocycles. The first-order valence-electron chi connectivity index (χ1n) is 11.6. The molecule has 0 bridgehead atoms. The maximum Gasteiger partial charge on any atom is 0.326 e. The lowest BCUT2D eigenvalue weighted by Crippen LogP contribution is -2.52. The highest BCUT2D eigenvalue weighted by atomic mass is 28.5. The van der Waals surface area contributed by atoms with Crippen LogP contribution in [-0.4, -0.2) is 106 Å². The van der Waals surface area contributed by atoms with Crippen LogP contribution in [-0.2, 0) is 22.4 Å². The standard InChI is InChI=1S/C20H44N2O5Si2/c1-5-25-28(3,19-7-9-21-11-15-23-16-12-21)27-29(4,26-6-2)20-8-10-22-13-17-24-18-14-22/h5-20H2,1-4H3. The van der Waals surface area contributed by atoms with Crippen LogP contribution in [0.15, 0.2) is 0 Å². The first-order valence-corrected chi connectivity index (χ1v) is 16.6. The molecule has 0 amide bonds. The molecule has 2 aliphatic heterocycles. The second-order valence-corrected chi connectivity index (χ2v) is 15.3. The zero-order valence-corrected chi connectivity index (χ0v) is 21.2. The number of rotatable bonds is 14. The van der Waals surface area contributed by atoms with Crippen LogP contribution >= 0.6 is 0 Å². The number of hydrogen-bond acceptors (Lipinski definition) is 7. The fraction of sp³-hybridized carbons (Fsp3) is 1.00. The zero-order chi connectivity index (χ0) is 21.0. The lowest BCUT2D eigenvalue weighted by atomic mass is 10.3. The van der Waals surface area contributed by atoms with E-state index in [-0.39, 0.29) is 0 Å². The third-order valence-electron chi connectivity index (χ3n) is 5.75. The van der Waals surface area contributed by atoms with Crippen LogP contribution in [0.4, 0.5) is 0 Å². The first kappa shape index (κ1) is 25.4. The van der Waals surface area contributed by atoms with Crippen molar-refractivity contribution in [2.45, 2.75) is 51.9 Å². The average molecular weight is 449 g/mol. The molecule has 0 radical (unpaired) electrons. The molecular weight excluding hydrogens is 404 g/mol. The summed E-state index contributed by atoms with van der Waals surface area (Å²) in [6, 6.07) is 2.05. The van der Waals surface area contributed by atoms with E-state index < -0.39 is 17.1 Å². The van der Waals surface area contributed by atoms with Crippen LogP contribution in [0.3, 0.4) is 0 Å². The molecule has 2 saturated heterocycles. The minimum atomic E-state index is -2.25. The summed E-state index contributed by atoms with van der Waals surface area (Å²) >= 11 is 0. The largest absolute Gasteiger partial charge is 0.415 e. The maximum atomic E-state index is 6.83. The molecular formula is C20H44N2O5Si2. The molecule has 2 fully saturated rings. The van der Waals surface area contributed by atoms with E-state index in [1.807, 2.05) is 0 Å². The van der Waals surface area contributed by atoms with Gasteiger partial charge in [-0.1, -0.05) is 0 Å². The van der Waals surface area contributed by atoms with Gasteiger partial charge in [-0.3, -0.25) is 9.80 Å². The number of hydrogen-bond donors (Lipinski definition) is 0. The SMILES string of the molecule is CCO[Si](C)(CCCN1CCOCC1)O[Si](C)(CCCN1CCOCC1)OCC. The van der Waals surface area contributed by atoms with Gasteiger partial charge in [0.1, 0.15) is 0 Å². The third-order valence-corrected chi connectivity index (χ3v) is 13.5. The Labute approximate surface area is 180 Å². The van der Waals surface area contributed by atoms with E-state index in [0.717, 1.165) is 90.6 Å².